The summed E-state index contributed by atoms with van der Waals surface area (Å²) in [6.45, 7) is 8.20. The van der Waals surface area contributed by atoms with Crippen molar-refractivity contribution in [3.05, 3.63) is 107 Å². The average molecular weight is 559 g/mol. The van der Waals surface area contributed by atoms with Crippen molar-refractivity contribution in [2.45, 2.75) is 27.7 Å². The summed E-state index contributed by atoms with van der Waals surface area (Å²) in [4.78, 5) is 25.3. The van der Waals surface area contributed by atoms with Crippen LogP contribution in [0, 0.1) is 13.8 Å². The third-order valence-electron chi connectivity index (χ3n) is 7.28. The number of hydrogen-bond acceptors (Lipinski definition) is 6. The lowest BCUT2D eigenvalue weighted by Crippen LogP contribution is -2.04. The molecule has 6 rings (SSSR count). The Balaban J connectivity index is 1.67. The fraction of sp³-hybridized carbons (Fsp3) is 0.167. The van der Waals surface area contributed by atoms with Crippen LogP contribution in [0.25, 0.3) is 55.7 Å². The number of ether oxygens (including phenoxy) is 2. The van der Waals surface area contributed by atoms with Crippen LogP contribution in [-0.2, 0) is 9.47 Å². The predicted octanol–water partition coefficient (Wildman–Crippen LogP) is 9.15. The SMILES string of the molecule is CCOC(=O)c1ccc2oc(-c3oc4ccc(C(=O)OCC)cc4c3-c3ccc(C)cc3)c(-c3ccc(C)cc3)c2c1. The monoisotopic (exact) mass is 558 g/mol. The molecule has 0 N–H and O–H groups in total. The molecule has 2 heterocycles. The van der Waals surface area contributed by atoms with Gasteiger partial charge in [0.25, 0.3) is 0 Å². The zero-order valence-corrected chi connectivity index (χ0v) is 23.9. The molecule has 6 aromatic rings. The molecule has 2 aromatic heterocycles. The fourth-order valence-corrected chi connectivity index (χ4v) is 5.21. The first-order valence-corrected chi connectivity index (χ1v) is 14.0. The number of rotatable bonds is 7. The summed E-state index contributed by atoms with van der Waals surface area (Å²) in [5.41, 5.74) is 7.76. The highest BCUT2D eigenvalue weighted by Crippen LogP contribution is 2.48. The minimum absolute atomic E-state index is 0.283. The van der Waals surface area contributed by atoms with Gasteiger partial charge in [0.05, 0.1) is 24.3 Å². The maximum atomic E-state index is 12.7. The van der Waals surface area contributed by atoms with E-state index < -0.39 is 11.9 Å². The van der Waals surface area contributed by atoms with Crippen LogP contribution in [0.15, 0.2) is 93.8 Å². The summed E-state index contributed by atoms with van der Waals surface area (Å²) >= 11 is 0. The molecule has 210 valence electrons. The van der Waals surface area contributed by atoms with Gasteiger partial charge < -0.3 is 18.3 Å². The van der Waals surface area contributed by atoms with E-state index in [0.29, 0.717) is 33.8 Å². The third-order valence-corrected chi connectivity index (χ3v) is 7.28. The predicted molar refractivity (Wildman–Crippen MR) is 164 cm³/mol. The van der Waals surface area contributed by atoms with Crippen molar-refractivity contribution >= 4 is 33.9 Å². The van der Waals surface area contributed by atoms with Crippen molar-refractivity contribution in [3.8, 4) is 33.8 Å². The second-order valence-electron chi connectivity index (χ2n) is 10.2. The molecule has 0 aliphatic heterocycles. The van der Waals surface area contributed by atoms with Gasteiger partial charge in [-0.15, -0.1) is 0 Å². The number of carbonyl (C=O) groups excluding carboxylic acids is 2. The molecule has 42 heavy (non-hydrogen) atoms. The Kier molecular flexibility index (Phi) is 7.13. The molecule has 0 bridgehead atoms. The van der Waals surface area contributed by atoms with Crippen LogP contribution in [0.3, 0.4) is 0 Å². The summed E-state index contributed by atoms with van der Waals surface area (Å²) in [7, 11) is 0. The van der Waals surface area contributed by atoms with Crippen LogP contribution in [0.4, 0.5) is 0 Å². The Hall–Kier alpha value is -5.10. The van der Waals surface area contributed by atoms with Gasteiger partial charge in [-0.1, -0.05) is 59.7 Å². The van der Waals surface area contributed by atoms with E-state index in [4.69, 9.17) is 18.3 Å². The molecule has 0 aliphatic rings. The van der Waals surface area contributed by atoms with Crippen molar-refractivity contribution in [2.75, 3.05) is 13.2 Å². The number of furan rings is 2. The Bertz CT molecular complexity index is 1790. The van der Waals surface area contributed by atoms with Crippen LogP contribution in [-0.4, -0.2) is 25.2 Å². The number of fused-ring (bicyclic) bond motifs is 2. The lowest BCUT2D eigenvalue weighted by molar-refractivity contribution is 0.0517. The number of benzene rings is 4. The highest BCUT2D eigenvalue weighted by Gasteiger charge is 2.27. The minimum Gasteiger partial charge on any atom is -0.462 e. The standard InChI is InChI=1S/C36H30O6/c1-5-39-35(37)25-15-17-29-27(19-25)31(23-11-7-21(3)8-12-23)33(41-29)34-32(24-13-9-22(4)10-14-24)28-20-26(36(38)40-6-2)16-18-30(28)42-34/h7-20H,5-6H2,1-4H3. The van der Waals surface area contributed by atoms with Gasteiger partial charge in [0.1, 0.15) is 11.2 Å². The van der Waals surface area contributed by atoms with Gasteiger partial charge in [-0.25, -0.2) is 9.59 Å². The highest BCUT2D eigenvalue weighted by atomic mass is 16.5. The summed E-state index contributed by atoms with van der Waals surface area (Å²) in [5.74, 6) is 0.263. The maximum absolute atomic E-state index is 12.7. The molecule has 6 heteroatoms. The molecule has 4 aromatic carbocycles. The Morgan fingerprint density at radius 2 is 0.952 bits per heavy atom. The van der Waals surface area contributed by atoms with Gasteiger partial charge in [0.15, 0.2) is 11.5 Å². The summed E-state index contributed by atoms with van der Waals surface area (Å²) in [6.07, 6.45) is 0. The van der Waals surface area contributed by atoms with Crippen molar-refractivity contribution in [3.63, 3.8) is 0 Å². The van der Waals surface area contributed by atoms with E-state index in [0.717, 1.165) is 44.2 Å². The van der Waals surface area contributed by atoms with Gasteiger partial charge >= 0.3 is 11.9 Å². The molecule has 0 saturated heterocycles. The molecular weight excluding hydrogens is 528 g/mol. The van der Waals surface area contributed by atoms with Crippen LogP contribution >= 0.6 is 0 Å². The van der Waals surface area contributed by atoms with E-state index >= 15 is 0 Å². The first-order valence-electron chi connectivity index (χ1n) is 14.0. The van der Waals surface area contributed by atoms with Gasteiger partial charge in [0, 0.05) is 21.9 Å². The summed E-state index contributed by atoms with van der Waals surface area (Å²) in [5, 5.41) is 1.53. The first-order chi connectivity index (χ1) is 20.4. The van der Waals surface area contributed by atoms with Gasteiger partial charge in [-0.3, -0.25) is 0 Å². The largest absolute Gasteiger partial charge is 0.462 e. The normalized spacial score (nSPS) is 11.2. The quantitative estimate of drug-likeness (QED) is 0.182. The first kappa shape index (κ1) is 27.1. The van der Waals surface area contributed by atoms with Crippen LogP contribution in [0.5, 0.6) is 0 Å². The average Bonchev–Trinajstić information content (AvgIpc) is 3.56. The number of esters is 2. The van der Waals surface area contributed by atoms with Crippen LogP contribution in [0.1, 0.15) is 45.7 Å². The van der Waals surface area contributed by atoms with E-state index in [1.807, 2.05) is 74.5 Å². The number of hydrogen-bond donors (Lipinski definition) is 0. The molecule has 0 unspecified atom stereocenters. The maximum Gasteiger partial charge on any atom is 0.338 e. The number of aryl methyl sites for hydroxylation is 2. The zero-order chi connectivity index (χ0) is 29.4. The second kappa shape index (κ2) is 11.1. The smallest absolute Gasteiger partial charge is 0.338 e. The van der Waals surface area contributed by atoms with Crippen molar-refractivity contribution in [2.24, 2.45) is 0 Å². The van der Waals surface area contributed by atoms with E-state index in [-0.39, 0.29) is 13.2 Å². The molecular formula is C36H30O6. The van der Waals surface area contributed by atoms with Crippen LogP contribution < -0.4 is 0 Å². The Morgan fingerprint density at radius 1 is 0.571 bits per heavy atom. The van der Waals surface area contributed by atoms with Gasteiger partial charge in [-0.2, -0.15) is 0 Å². The molecule has 0 atom stereocenters. The van der Waals surface area contributed by atoms with Crippen molar-refractivity contribution in [1.29, 1.82) is 0 Å². The van der Waals surface area contributed by atoms with E-state index in [1.54, 1.807) is 38.1 Å². The molecule has 0 amide bonds. The Morgan fingerprint density at radius 3 is 1.31 bits per heavy atom. The van der Waals surface area contributed by atoms with Crippen LogP contribution in [0.2, 0.25) is 0 Å². The molecule has 0 fully saturated rings. The molecule has 0 spiro atoms. The lowest BCUT2D eigenvalue weighted by Gasteiger charge is -2.07. The van der Waals surface area contributed by atoms with Crippen molar-refractivity contribution in [1.82, 2.24) is 0 Å². The second-order valence-corrected chi connectivity index (χ2v) is 10.2. The van der Waals surface area contributed by atoms with E-state index in [1.165, 1.54) is 0 Å². The molecule has 0 radical (unpaired) electrons. The molecule has 0 saturated carbocycles. The topological polar surface area (TPSA) is 78.9 Å². The number of carbonyl (C=O) groups is 2. The van der Waals surface area contributed by atoms with Gasteiger partial charge in [-0.05, 0) is 75.2 Å². The van der Waals surface area contributed by atoms with E-state index in [9.17, 15) is 9.59 Å². The minimum atomic E-state index is -0.396. The zero-order valence-electron chi connectivity index (χ0n) is 23.9. The highest BCUT2D eigenvalue weighted by molar-refractivity contribution is 6.10. The summed E-state index contributed by atoms with van der Waals surface area (Å²) in [6, 6.07) is 26.9. The van der Waals surface area contributed by atoms with Gasteiger partial charge in [0.2, 0.25) is 0 Å². The Labute approximate surface area is 243 Å². The molecule has 6 nitrogen and oxygen atoms in total. The van der Waals surface area contributed by atoms with Crippen molar-refractivity contribution < 1.29 is 27.9 Å². The molecule has 0 aliphatic carbocycles. The fourth-order valence-electron chi connectivity index (χ4n) is 5.21. The lowest BCUT2D eigenvalue weighted by atomic mass is 9.95. The third kappa shape index (κ3) is 4.85. The van der Waals surface area contributed by atoms with E-state index in [2.05, 4.69) is 0 Å². The summed E-state index contributed by atoms with van der Waals surface area (Å²) < 4.78 is 23.7.